The Morgan fingerprint density at radius 1 is 1.26 bits per heavy atom. The van der Waals surface area contributed by atoms with Gasteiger partial charge in [0, 0.05) is 16.5 Å². The molecule has 1 saturated heterocycles. The summed E-state index contributed by atoms with van der Waals surface area (Å²) in [7, 11) is -3.08. The number of sulfone groups is 1. The summed E-state index contributed by atoms with van der Waals surface area (Å²) >= 11 is 1.60. The Morgan fingerprint density at radius 3 is 2.48 bits per heavy atom. The van der Waals surface area contributed by atoms with Crippen LogP contribution in [0.15, 0.2) is 35.7 Å². The lowest BCUT2D eigenvalue weighted by molar-refractivity contribution is 0.0683. The van der Waals surface area contributed by atoms with E-state index in [0.29, 0.717) is 24.3 Å². The van der Waals surface area contributed by atoms with Crippen LogP contribution in [0.3, 0.4) is 0 Å². The van der Waals surface area contributed by atoms with Gasteiger partial charge in [-0.05, 0) is 68.5 Å². The molecule has 1 aliphatic rings. The van der Waals surface area contributed by atoms with Gasteiger partial charge < -0.3 is 9.64 Å². The predicted molar refractivity (Wildman–Crippen MR) is 108 cm³/mol. The molecule has 7 heteroatoms. The van der Waals surface area contributed by atoms with E-state index < -0.39 is 9.84 Å². The maximum Gasteiger partial charge on any atom is 0.254 e. The van der Waals surface area contributed by atoms with Crippen molar-refractivity contribution in [1.82, 2.24) is 4.90 Å². The molecule has 1 amide bonds. The summed E-state index contributed by atoms with van der Waals surface area (Å²) in [4.78, 5) is 16.0. The molecular weight excluding hydrogens is 382 g/mol. The highest BCUT2D eigenvalue weighted by molar-refractivity contribution is 7.91. The first-order valence-corrected chi connectivity index (χ1v) is 11.8. The van der Waals surface area contributed by atoms with Crippen LogP contribution >= 0.6 is 11.3 Å². The van der Waals surface area contributed by atoms with Crippen molar-refractivity contribution in [2.45, 2.75) is 45.9 Å². The van der Waals surface area contributed by atoms with Crippen LogP contribution in [-0.4, -0.2) is 42.9 Å². The lowest BCUT2D eigenvalue weighted by Crippen LogP contribution is -2.40. The van der Waals surface area contributed by atoms with E-state index in [-0.39, 0.29) is 29.6 Å². The Labute approximate surface area is 164 Å². The summed E-state index contributed by atoms with van der Waals surface area (Å²) in [5.74, 6) is 0.760. The Bertz CT molecular complexity index is 900. The molecule has 3 rings (SSSR count). The van der Waals surface area contributed by atoms with E-state index in [1.165, 1.54) is 0 Å². The van der Waals surface area contributed by atoms with Crippen LogP contribution in [0.25, 0.3) is 0 Å². The van der Waals surface area contributed by atoms with Gasteiger partial charge in [0.15, 0.2) is 9.84 Å². The average Bonchev–Trinajstić information content (AvgIpc) is 3.17. The number of rotatable bonds is 6. The van der Waals surface area contributed by atoms with Crippen LogP contribution in [0, 0.1) is 6.92 Å². The summed E-state index contributed by atoms with van der Waals surface area (Å²) in [5, 5.41) is 2.00. The number of hydrogen-bond donors (Lipinski definition) is 0. The molecule has 146 valence electrons. The van der Waals surface area contributed by atoms with E-state index in [1.54, 1.807) is 40.5 Å². The van der Waals surface area contributed by atoms with Crippen LogP contribution in [0.2, 0.25) is 0 Å². The zero-order valence-electron chi connectivity index (χ0n) is 15.8. The minimum atomic E-state index is -3.08. The normalized spacial score (nSPS) is 18.6. The van der Waals surface area contributed by atoms with Gasteiger partial charge in [0.25, 0.3) is 5.91 Å². The first-order valence-electron chi connectivity index (χ1n) is 9.06. The van der Waals surface area contributed by atoms with Crippen LogP contribution in [0.5, 0.6) is 5.75 Å². The minimum Gasteiger partial charge on any atom is -0.491 e. The topological polar surface area (TPSA) is 63.7 Å². The van der Waals surface area contributed by atoms with E-state index in [2.05, 4.69) is 0 Å². The van der Waals surface area contributed by atoms with Gasteiger partial charge in [0.05, 0.1) is 24.2 Å². The highest BCUT2D eigenvalue weighted by Gasteiger charge is 2.35. The quantitative estimate of drug-likeness (QED) is 0.733. The number of amides is 1. The number of carbonyl (C=O) groups excluding carboxylic acids is 1. The monoisotopic (exact) mass is 407 g/mol. The zero-order chi connectivity index (χ0) is 19.6. The van der Waals surface area contributed by atoms with E-state index in [1.807, 2.05) is 32.2 Å². The van der Waals surface area contributed by atoms with Crippen molar-refractivity contribution in [3.05, 3.63) is 51.7 Å². The molecule has 0 unspecified atom stereocenters. The fourth-order valence-corrected chi connectivity index (χ4v) is 5.86. The lowest BCUT2D eigenvalue weighted by atomic mass is 10.1. The van der Waals surface area contributed by atoms with Crippen molar-refractivity contribution < 1.29 is 17.9 Å². The second-order valence-corrected chi connectivity index (χ2v) is 10.4. The Kier molecular flexibility index (Phi) is 5.91. The number of ether oxygens (including phenoxy) is 1. The van der Waals surface area contributed by atoms with Gasteiger partial charge >= 0.3 is 0 Å². The molecule has 1 atom stereocenters. The maximum absolute atomic E-state index is 13.2. The molecule has 0 aliphatic carbocycles. The van der Waals surface area contributed by atoms with Gasteiger partial charge in [-0.1, -0.05) is 0 Å². The maximum atomic E-state index is 13.2. The zero-order valence-corrected chi connectivity index (χ0v) is 17.5. The van der Waals surface area contributed by atoms with E-state index >= 15 is 0 Å². The molecule has 2 heterocycles. The summed E-state index contributed by atoms with van der Waals surface area (Å²) < 4.78 is 29.6. The van der Waals surface area contributed by atoms with Crippen molar-refractivity contribution in [1.29, 1.82) is 0 Å². The second kappa shape index (κ2) is 8.02. The van der Waals surface area contributed by atoms with Crippen molar-refractivity contribution >= 4 is 27.1 Å². The van der Waals surface area contributed by atoms with Crippen molar-refractivity contribution in [3.63, 3.8) is 0 Å². The molecule has 0 N–H and O–H groups in total. The second-order valence-electron chi connectivity index (χ2n) is 7.21. The number of nitrogens with zero attached hydrogens (tertiary/aromatic N) is 1. The summed E-state index contributed by atoms with van der Waals surface area (Å²) in [6, 6.07) is 8.80. The van der Waals surface area contributed by atoms with Crippen LogP contribution in [-0.2, 0) is 16.4 Å². The molecule has 1 fully saturated rings. The number of hydrogen-bond acceptors (Lipinski definition) is 5. The lowest BCUT2D eigenvalue weighted by Gasteiger charge is -2.28. The van der Waals surface area contributed by atoms with Gasteiger partial charge in [-0.3, -0.25) is 4.79 Å². The first kappa shape index (κ1) is 19.9. The van der Waals surface area contributed by atoms with Crippen molar-refractivity contribution in [2.24, 2.45) is 0 Å². The standard InChI is InChI=1S/C20H25NO4S2/c1-14(2)25-18-6-4-16(5-7-18)20(22)21(12-19-15(3)8-10-26-19)17-9-11-27(23,24)13-17/h4-8,10,14,17H,9,11-13H2,1-3H3/t17-/m0/s1. The summed E-state index contributed by atoms with van der Waals surface area (Å²) in [5.41, 5.74) is 1.67. The largest absolute Gasteiger partial charge is 0.491 e. The molecule has 0 radical (unpaired) electrons. The Hall–Kier alpha value is -1.86. The SMILES string of the molecule is Cc1ccsc1CN(C(=O)c1ccc(OC(C)C)cc1)[C@H]1CCS(=O)(=O)C1. The smallest absolute Gasteiger partial charge is 0.254 e. The molecule has 1 aliphatic heterocycles. The fraction of sp³-hybridized carbons (Fsp3) is 0.450. The third-order valence-electron chi connectivity index (χ3n) is 4.67. The summed E-state index contributed by atoms with van der Waals surface area (Å²) in [6.45, 7) is 6.35. The predicted octanol–water partition coefficient (Wildman–Crippen LogP) is 3.67. The fourth-order valence-electron chi connectivity index (χ4n) is 3.22. The molecule has 2 aromatic rings. The van der Waals surface area contributed by atoms with Gasteiger partial charge in [0.1, 0.15) is 5.75 Å². The van der Waals surface area contributed by atoms with Crippen LogP contribution in [0.1, 0.15) is 41.1 Å². The highest BCUT2D eigenvalue weighted by Crippen LogP contribution is 2.26. The molecule has 1 aromatic heterocycles. The molecule has 0 spiro atoms. The number of thiophene rings is 1. The number of carbonyl (C=O) groups is 1. The van der Waals surface area contributed by atoms with Gasteiger partial charge in [-0.25, -0.2) is 8.42 Å². The third-order valence-corrected chi connectivity index (χ3v) is 7.42. The average molecular weight is 408 g/mol. The Balaban J connectivity index is 1.85. The van der Waals surface area contributed by atoms with E-state index in [4.69, 9.17) is 4.74 Å². The minimum absolute atomic E-state index is 0.0394. The van der Waals surface area contributed by atoms with Gasteiger partial charge in [-0.2, -0.15) is 0 Å². The van der Waals surface area contributed by atoms with Gasteiger partial charge in [0.2, 0.25) is 0 Å². The van der Waals surface area contributed by atoms with E-state index in [9.17, 15) is 13.2 Å². The molecular formula is C20H25NO4S2. The first-order chi connectivity index (χ1) is 12.7. The van der Waals surface area contributed by atoms with E-state index in [0.717, 1.165) is 10.4 Å². The molecule has 1 aromatic carbocycles. The Morgan fingerprint density at radius 2 is 1.96 bits per heavy atom. The molecule has 0 bridgehead atoms. The van der Waals surface area contributed by atoms with Crippen LogP contribution in [0.4, 0.5) is 0 Å². The molecule has 27 heavy (non-hydrogen) atoms. The number of benzene rings is 1. The van der Waals surface area contributed by atoms with Crippen molar-refractivity contribution in [2.75, 3.05) is 11.5 Å². The number of aryl methyl sites for hydroxylation is 1. The summed E-state index contributed by atoms with van der Waals surface area (Å²) in [6.07, 6.45) is 0.557. The van der Waals surface area contributed by atoms with Crippen molar-refractivity contribution in [3.8, 4) is 5.75 Å². The highest BCUT2D eigenvalue weighted by atomic mass is 32.2. The van der Waals surface area contributed by atoms with Crippen LogP contribution < -0.4 is 4.74 Å². The molecule has 0 saturated carbocycles. The third kappa shape index (κ3) is 4.90. The molecule has 5 nitrogen and oxygen atoms in total. The van der Waals surface area contributed by atoms with Gasteiger partial charge in [-0.15, -0.1) is 11.3 Å².